The molecule has 1 N–H and O–H groups in total. The first-order valence-corrected chi connectivity index (χ1v) is 8.84. The zero-order chi connectivity index (χ0) is 17.0. The quantitative estimate of drug-likeness (QED) is 0.758. The molecule has 23 heavy (non-hydrogen) atoms. The Morgan fingerprint density at radius 3 is 2.48 bits per heavy atom. The Bertz CT molecular complexity index is 722. The van der Waals surface area contributed by atoms with Crippen molar-refractivity contribution in [2.45, 2.75) is 27.2 Å². The minimum atomic E-state index is -0.395. The largest absolute Gasteiger partial charge is 0.462 e. The molecule has 4 nitrogen and oxygen atoms in total. The fraction of sp³-hybridized carbons (Fsp3) is 0.294. The SMILES string of the molecule is CCOC(=O)c1c(NC(=O)Cc2ccc(Br)cc2)sc(C)c1C. The van der Waals surface area contributed by atoms with Crippen molar-refractivity contribution in [3.8, 4) is 0 Å². The molecule has 1 heterocycles. The van der Waals surface area contributed by atoms with E-state index in [1.807, 2.05) is 38.1 Å². The van der Waals surface area contributed by atoms with E-state index in [4.69, 9.17) is 4.74 Å². The first kappa shape index (κ1) is 17.7. The number of ether oxygens (including phenoxy) is 1. The van der Waals surface area contributed by atoms with Crippen molar-refractivity contribution in [1.29, 1.82) is 0 Å². The highest BCUT2D eigenvalue weighted by atomic mass is 79.9. The molecule has 6 heteroatoms. The number of benzene rings is 1. The van der Waals surface area contributed by atoms with E-state index in [1.54, 1.807) is 6.92 Å². The molecular formula is C17H18BrNO3S. The van der Waals surface area contributed by atoms with Crippen LogP contribution < -0.4 is 5.32 Å². The van der Waals surface area contributed by atoms with Crippen LogP contribution in [0.25, 0.3) is 0 Å². The van der Waals surface area contributed by atoms with Crippen LogP contribution in [0.15, 0.2) is 28.7 Å². The van der Waals surface area contributed by atoms with Gasteiger partial charge in [0.15, 0.2) is 0 Å². The van der Waals surface area contributed by atoms with E-state index >= 15 is 0 Å². The minimum Gasteiger partial charge on any atom is -0.462 e. The van der Waals surface area contributed by atoms with E-state index in [0.29, 0.717) is 17.2 Å². The summed E-state index contributed by atoms with van der Waals surface area (Å²) in [6.45, 7) is 5.85. The third-order valence-corrected chi connectivity index (χ3v) is 5.05. The van der Waals surface area contributed by atoms with Crippen molar-refractivity contribution in [3.05, 3.63) is 50.3 Å². The summed E-state index contributed by atoms with van der Waals surface area (Å²) in [5.74, 6) is -0.549. The summed E-state index contributed by atoms with van der Waals surface area (Å²) in [6, 6.07) is 7.57. The average molecular weight is 396 g/mol. The van der Waals surface area contributed by atoms with Gasteiger partial charge in [0.05, 0.1) is 18.6 Å². The predicted molar refractivity (Wildman–Crippen MR) is 96.2 cm³/mol. The first-order valence-electron chi connectivity index (χ1n) is 7.23. The molecule has 1 aromatic heterocycles. The fourth-order valence-corrected chi connectivity index (χ4v) is 3.45. The van der Waals surface area contributed by atoms with E-state index < -0.39 is 5.97 Å². The molecule has 0 spiro atoms. The highest BCUT2D eigenvalue weighted by Gasteiger charge is 2.22. The molecule has 0 aliphatic heterocycles. The third kappa shape index (κ3) is 4.42. The van der Waals surface area contributed by atoms with Gasteiger partial charge in [0.1, 0.15) is 5.00 Å². The van der Waals surface area contributed by atoms with Gasteiger partial charge in [-0.15, -0.1) is 11.3 Å². The molecule has 0 radical (unpaired) electrons. The van der Waals surface area contributed by atoms with Crippen LogP contribution in [0.3, 0.4) is 0 Å². The molecule has 0 aliphatic rings. The number of carbonyl (C=O) groups is 2. The Morgan fingerprint density at radius 2 is 1.87 bits per heavy atom. The zero-order valence-corrected chi connectivity index (χ0v) is 15.6. The lowest BCUT2D eigenvalue weighted by molar-refractivity contribution is -0.115. The van der Waals surface area contributed by atoms with E-state index in [1.165, 1.54) is 11.3 Å². The number of aryl methyl sites for hydroxylation is 1. The summed E-state index contributed by atoms with van der Waals surface area (Å²) < 4.78 is 6.06. The Balaban J connectivity index is 2.16. The van der Waals surface area contributed by atoms with E-state index in [2.05, 4.69) is 21.2 Å². The number of rotatable bonds is 5. The van der Waals surface area contributed by atoms with Crippen LogP contribution in [0.5, 0.6) is 0 Å². The number of thiophene rings is 1. The molecule has 0 unspecified atom stereocenters. The lowest BCUT2D eigenvalue weighted by Crippen LogP contribution is -2.16. The third-order valence-electron chi connectivity index (χ3n) is 3.40. The van der Waals surface area contributed by atoms with Gasteiger partial charge in [-0.05, 0) is 44.0 Å². The number of anilines is 1. The lowest BCUT2D eigenvalue weighted by Gasteiger charge is -2.07. The molecule has 2 rings (SSSR count). The number of carbonyl (C=O) groups excluding carboxylic acids is 2. The monoisotopic (exact) mass is 395 g/mol. The Kier molecular flexibility index (Phi) is 5.96. The first-order chi connectivity index (χ1) is 10.9. The number of nitrogens with one attached hydrogen (secondary N) is 1. The van der Waals surface area contributed by atoms with Gasteiger partial charge in [-0.2, -0.15) is 0 Å². The van der Waals surface area contributed by atoms with Crippen LogP contribution in [-0.2, 0) is 16.0 Å². The fourth-order valence-electron chi connectivity index (χ4n) is 2.12. The van der Waals surface area contributed by atoms with Gasteiger partial charge in [0, 0.05) is 9.35 Å². The molecule has 0 aliphatic carbocycles. The molecule has 0 saturated carbocycles. The van der Waals surface area contributed by atoms with Crippen molar-refractivity contribution >= 4 is 44.1 Å². The maximum atomic E-state index is 12.3. The average Bonchev–Trinajstić information content (AvgIpc) is 2.76. The van der Waals surface area contributed by atoms with Crippen molar-refractivity contribution in [3.63, 3.8) is 0 Å². The van der Waals surface area contributed by atoms with Crippen molar-refractivity contribution in [1.82, 2.24) is 0 Å². The second kappa shape index (κ2) is 7.75. The van der Waals surface area contributed by atoms with Gasteiger partial charge in [-0.3, -0.25) is 4.79 Å². The molecule has 0 fully saturated rings. The number of hydrogen-bond donors (Lipinski definition) is 1. The summed E-state index contributed by atoms with van der Waals surface area (Å²) in [4.78, 5) is 25.3. The number of esters is 1. The molecule has 0 saturated heterocycles. The summed E-state index contributed by atoms with van der Waals surface area (Å²) >= 11 is 4.76. The normalized spacial score (nSPS) is 10.4. The molecule has 1 aromatic carbocycles. The second-order valence-electron chi connectivity index (χ2n) is 5.06. The molecule has 122 valence electrons. The summed E-state index contributed by atoms with van der Waals surface area (Å²) in [6.07, 6.45) is 0.255. The Hall–Kier alpha value is -1.66. The summed E-state index contributed by atoms with van der Waals surface area (Å²) in [7, 11) is 0. The molecule has 0 atom stereocenters. The predicted octanol–water partition coefficient (Wildman–Crippen LogP) is 4.49. The van der Waals surface area contributed by atoms with Crippen molar-refractivity contribution in [2.75, 3.05) is 11.9 Å². The van der Waals surface area contributed by atoms with E-state index in [0.717, 1.165) is 20.5 Å². The van der Waals surface area contributed by atoms with Gasteiger partial charge in [0.25, 0.3) is 0 Å². The zero-order valence-electron chi connectivity index (χ0n) is 13.2. The van der Waals surface area contributed by atoms with Crippen LogP contribution in [0.2, 0.25) is 0 Å². The van der Waals surface area contributed by atoms with Crippen LogP contribution in [-0.4, -0.2) is 18.5 Å². The van der Waals surface area contributed by atoms with Crippen LogP contribution in [0.4, 0.5) is 5.00 Å². The second-order valence-corrected chi connectivity index (χ2v) is 7.20. The van der Waals surface area contributed by atoms with Gasteiger partial charge in [-0.1, -0.05) is 28.1 Å². The van der Waals surface area contributed by atoms with Gasteiger partial charge in [-0.25, -0.2) is 4.79 Å². The van der Waals surface area contributed by atoms with Crippen molar-refractivity contribution in [2.24, 2.45) is 0 Å². The topological polar surface area (TPSA) is 55.4 Å². The van der Waals surface area contributed by atoms with Gasteiger partial charge in [0.2, 0.25) is 5.91 Å². The lowest BCUT2D eigenvalue weighted by atomic mass is 10.1. The molecular weight excluding hydrogens is 378 g/mol. The van der Waals surface area contributed by atoms with Crippen LogP contribution >= 0.6 is 27.3 Å². The Morgan fingerprint density at radius 1 is 1.22 bits per heavy atom. The van der Waals surface area contributed by atoms with Crippen LogP contribution in [0.1, 0.15) is 33.3 Å². The summed E-state index contributed by atoms with van der Waals surface area (Å²) in [5, 5.41) is 3.40. The number of halogens is 1. The molecule has 1 amide bonds. The standard InChI is InChI=1S/C17H18BrNO3S/c1-4-22-17(21)15-10(2)11(3)23-16(15)19-14(20)9-12-5-7-13(18)8-6-12/h5-8H,4,9H2,1-3H3,(H,19,20). The van der Waals surface area contributed by atoms with Crippen molar-refractivity contribution < 1.29 is 14.3 Å². The van der Waals surface area contributed by atoms with E-state index in [9.17, 15) is 9.59 Å². The van der Waals surface area contributed by atoms with Gasteiger partial charge < -0.3 is 10.1 Å². The molecule has 0 bridgehead atoms. The maximum Gasteiger partial charge on any atom is 0.341 e. The summed E-state index contributed by atoms with van der Waals surface area (Å²) in [5.41, 5.74) is 2.22. The number of amides is 1. The number of hydrogen-bond acceptors (Lipinski definition) is 4. The van der Waals surface area contributed by atoms with E-state index in [-0.39, 0.29) is 12.3 Å². The minimum absolute atomic E-state index is 0.154. The smallest absolute Gasteiger partial charge is 0.341 e. The Labute approximate surface area is 148 Å². The highest BCUT2D eigenvalue weighted by Crippen LogP contribution is 2.33. The highest BCUT2D eigenvalue weighted by molar-refractivity contribution is 9.10. The van der Waals surface area contributed by atoms with Gasteiger partial charge >= 0.3 is 5.97 Å². The van der Waals surface area contributed by atoms with Crippen LogP contribution in [0, 0.1) is 13.8 Å². The molecule has 2 aromatic rings. The maximum absolute atomic E-state index is 12.3.